The quantitative estimate of drug-likeness (QED) is 0.284. The molecule has 180 valence electrons. The van der Waals surface area contributed by atoms with Crippen LogP contribution in [0.15, 0.2) is 102 Å². The maximum Gasteiger partial charge on any atom is 0.214 e. The lowest BCUT2D eigenvalue weighted by Crippen LogP contribution is -2.33. The van der Waals surface area contributed by atoms with Crippen molar-refractivity contribution in [3.63, 3.8) is 0 Å². The second-order valence-corrected chi connectivity index (χ2v) is 9.28. The molecule has 6 rings (SSSR count). The highest BCUT2D eigenvalue weighted by molar-refractivity contribution is 6.30. The second kappa shape index (κ2) is 9.59. The van der Waals surface area contributed by atoms with Gasteiger partial charge < -0.3 is 14.2 Å². The summed E-state index contributed by atoms with van der Waals surface area (Å²) in [7, 11) is 1.67. The lowest BCUT2D eigenvalue weighted by Gasteiger charge is -2.38. The lowest BCUT2D eigenvalue weighted by molar-refractivity contribution is -0.0209. The predicted octanol–water partition coefficient (Wildman–Crippen LogP) is 7.17. The Labute approximate surface area is 215 Å². The maximum absolute atomic E-state index is 6.56. The molecule has 5 nitrogen and oxygen atoms in total. The van der Waals surface area contributed by atoms with Gasteiger partial charge in [0.1, 0.15) is 12.4 Å². The van der Waals surface area contributed by atoms with Gasteiger partial charge in [-0.25, -0.2) is 5.01 Å². The molecule has 4 aromatic carbocycles. The summed E-state index contributed by atoms with van der Waals surface area (Å²) in [4.78, 5) is 0. The molecule has 2 atom stereocenters. The first-order valence-electron chi connectivity index (χ1n) is 11.9. The summed E-state index contributed by atoms with van der Waals surface area (Å²) >= 11 is 5.98. The van der Waals surface area contributed by atoms with Crippen molar-refractivity contribution in [1.29, 1.82) is 0 Å². The third-order valence-corrected chi connectivity index (χ3v) is 6.84. The van der Waals surface area contributed by atoms with E-state index in [0.717, 1.165) is 51.6 Å². The van der Waals surface area contributed by atoms with Gasteiger partial charge in [-0.2, -0.15) is 5.10 Å². The molecular formula is C30H25ClN2O3. The van der Waals surface area contributed by atoms with Crippen LogP contribution >= 0.6 is 11.6 Å². The fourth-order valence-corrected chi connectivity index (χ4v) is 4.87. The van der Waals surface area contributed by atoms with Crippen molar-refractivity contribution >= 4 is 17.3 Å². The van der Waals surface area contributed by atoms with Gasteiger partial charge in [0, 0.05) is 22.6 Å². The van der Waals surface area contributed by atoms with Crippen LogP contribution in [0.4, 0.5) is 0 Å². The summed E-state index contributed by atoms with van der Waals surface area (Å²) in [6.45, 7) is 0.472. The number of para-hydroxylation sites is 1. The molecule has 0 fully saturated rings. The Kier molecular flexibility index (Phi) is 5.99. The number of fused-ring (bicyclic) bond motifs is 3. The van der Waals surface area contributed by atoms with Crippen molar-refractivity contribution in [2.45, 2.75) is 25.3 Å². The first-order chi connectivity index (χ1) is 17.7. The lowest BCUT2D eigenvalue weighted by atomic mass is 9.95. The molecule has 2 unspecified atom stereocenters. The molecule has 0 aromatic heterocycles. The summed E-state index contributed by atoms with van der Waals surface area (Å²) in [5.41, 5.74) is 5.32. The van der Waals surface area contributed by atoms with Crippen molar-refractivity contribution in [2.75, 3.05) is 7.11 Å². The van der Waals surface area contributed by atoms with Gasteiger partial charge >= 0.3 is 0 Å². The van der Waals surface area contributed by atoms with Crippen LogP contribution < -0.4 is 14.2 Å². The molecule has 0 amide bonds. The van der Waals surface area contributed by atoms with Gasteiger partial charge in [-0.15, -0.1) is 0 Å². The van der Waals surface area contributed by atoms with Gasteiger partial charge in [0.25, 0.3) is 0 Å². The molecule has 36 heavy (non-hydrogen) atoms. The zero-order valence-electron chi connectivity index (χ0n) is 19.8. The van der Waals surface area contributed by atoms with Gasteiger partial charge in [0.2, 0.25) is 6.23 Å². The molecule has 4 aromatic rings. The summed E-state index contributed by atoms with van der Waals surface area (Å²) in [6, 6.07) is 32.1. The van der Waals surface area contributed by atoms with Gasteiger partial charge in [-0.05, 0) is 53.6 Å². The van der Waals surface area contributed by atoms with Crippen LogP contribution in [0, 0.1) is 0 Å². The molecule has 2 heterocycles. The zero-order chi connectivity index (χ0) is 24.5. The van der Waals surface area contributed by atoms with E-state index < -0.39 is 0 Å². The van der Waals surface area contributed by atoms with Crippen molar-refractivity contribution in [1.82, 2.24) is 5.01 Å². The third kappa shape index (κ3) is 4.27. The summed E-state index contributed by atoms with van der Waals surface area (Å²) < 4.78 is 18.2. The Morgan fingerprint density at radius 3 is 2.44 bits per heavy atom. The minimum absolute atomic E-state index is 0.0601. The molecule has 0 saturated heterocycles. The molecule has 6 heteroatoms. The maximum atomic E-state index is 6.56. The van der Waals surface area contributed by atoms with E-state index in [-0.39, 0.29) is 12.3 Å². The highest BCUT2D eigenvalue weighted by Crippen LogP contribution is 2.50. The number of hydrogen-bond acceptors (Lipinski definition) is 5. The number of nitrogens with zero attached hydrogens (tertiary/aromatic N) is 2. The summed E-state index contributed by atoms with van der Waals surface area (Å²) in [6.07, 6.45) is 0.414. The second-order valence-electron chi connectivity index (χ2n) is 8.85. The van der Waals surface area contributed by atoms with E-state index in [9.17, 15) is 0 Å². The van der Waals surface area contributed by atoms with Gasteiger partial charge in [-0.3, -0.25) is 0 Å². The Balaban J connectivity index is 1.29. The molecule has 0 radical (unpaired) electrons. The van der Waals surface area contributed by atoms with E-state index in [1.165, 1.54) is 0 Å². The summed E-state index contributed by atoms with van der Waals surface area (Å²) in [5.74, 6) is 2.29. The van der Waals surface area contributed by atoms with E-state index in [1.807, 2.05) is 78.9 Å². The van der Waals surface area contributed by atoms with Crippen LogP contribution in [-0.2, 0) is 6.61 Å². The molecule has 0 N–H and O–H groups in total. The van der Waals surface area contributed by atoms with Crippen LogP contribution in [0.5, 0.6) is 17.2 Å². The fourth-order valence-electron chi connectivity index (χ4n) is 4.75. The number of benzene rings is 4. The number of ether oxygens (including phenoxy) is 3. The monoisotopic (exact) mass is 496 g/mol. The number of methoxy groups -OCH3 is 1. The van der Waals surface area contributed by atoms with E-state index >= 15 is 0 Å². The van der Waals surface area contributed by atoms with Gasteiger partial charge in [0.05, 0.1) is 18.9 Å². The average molecular weight is 497 g/mol. The Morgan fingerprint density at radius 1 is 0.917 bits per heavy atom. The van der Waals surface area contributed by atoms with Crippen molar-refractivity contribution in [3.8, 4) is 17.2 Å². The first-order valence-corrected chi connectivity index (χ1v) is 12.3. The van der Waals surface area contributed by atoms with Crippen LogP contribution in [0.2, 0.25) is 5.02 Å². The van der Waals surface area contributed by atoms with E-state index in [4.69, 9.17) is 30.9 Å². The molecule has 0 saturated carbocycles. The van der Waals surface area contributed by atoms with Crippen LogP contribution in [-0.4, -0.2) is 17.8 Å². The highest BCUT2D eigenvalue weighted by Gasteiger charge is 2.42. The normalized spacial score (nSPS) is 18.1. The standard InChI is InChI=1S/C30H25ClN2O3/c1-34-28-9-5-8-25-27-18-26(21-6-3-2-4-7-21)32-33(27)30(36-29(25)28)22-12-16-24(17-13-22)35-19-20-10-14-23(31)15-11-20/h2-17,27,30H,18-19H2,1H3. The Hall–Kier alpha value is -3.96. The minimum atomic E-state index is -0.384. The largest absolute Gasteiger partial charge is 0.493 e. The van der Waals surface area contributed by atoms with Crippen molar-refractivity contribution < 1.29 is 14.2 Å². The molecule has 0 aliphatic carbocycles. The predicted molar refractivity (Wildman–Crippen MR) is 141 cm³/mol. The molecule has 0 spiro atoms. The number of halogens is 1. The fraction of sp³-hybridized carbons (Fsp3) is 0.167. The van der Waals surface area contributed by atoms with E-state index in [0.29, 0.717) is 11.6 Å². The molecule has 0 bridgehead atoms. The summed E-state index contributed by atoms with van der Waals surface area (Å²) in [5, 5.41) is 7.83. The molecule has 2 aliphatic rings. The number of rotatable bonds is 6. The van der Waals surface area contributed by atoms with E-state index in [1.54, 1.807) is 7.11 Å². The first kappa shape index (κ1) is 22.5. The highest BCUT2D eigenvalue weighted by atomic mass is 35.5. The Morgan fingerprint density at radius 2 is 1.69 bits per heavy atom. The number of hydrazone groups is 1. The van der Waals surface area contributed by atoms with Crippen LogP contribution in [0.3, 0.4) is 0 Å². The van der Waals surface area contributed by atoms with Gasteiger partial charge in [-0.1, -0.05) is 66.2 Å². The topological polar surface area (TPSA) is 43.3 Å². The molecule has 2 aliphatic heterocycles. The van der Waals surface area contributed by atoms with Gasteiger partial charge in [0.15, 0.2) is 11.5 Å². The average Bonchev–Trinajstić information content (AvgIpc) is 3.39. The smallest absolute Gasteiger partial charge is 0.214 e. The third-order valence-electron chi connectivity index (χ3n) is 6.59. The van der Waals surface area contributed by atoms with E-state index in [2.05, 4.69) is 23.2 Å². The van der Waals surface area contributed by atoms with Crippen molar-refractivity contribution in [3.05, 3.63) is 124 Å². The van der Waals surface area contributed by atoms with Crippen molar-refractivity contribution in [2.24, 2.45) is 5.10 Å². The Bertz CT molecular complexity index is 1390. The van der Waals surface area contributed by atoms with Crippen LogP contribution in [0.1, 0.15) is 40.9 Å². The minimum Gasteiger partial charge on any atom is -0.493 e. The SMILES string of the molecule is COc1cccc2c1OC(c1ccc(OCc3ccc(Cl)cc3)cc1)N1N=C(c3ccccc3)CC21. The number of hydrogen-bond donors (Lipinski definition) is 0. The molecular weight excluding hydrogens is 472 g/mol. The zero-order valence-corrected chi connectivity index (χ0v) is 20.6. The van der Waals surface area contributed by atoms with Crippen LogP contribution in [0.25, 0.3) is 0 Å².